The highest BCUT2D eigenvalue weighted by Gasteiger charge is 2.52. The predicted octanol–water partition coefficient (Wildman–Crippen LogP) is 5.89. The van der Waals surface area contributed by atoms with E-state index >= 15 is 0 Å². The first-order valence-electron chi connectivity index (χ1n) is 10.8. The minimum absolute atomic E-state index is 0.109. The van der Waals surface area contributed by atoms with Crippen LogP contribution in [0, 0.1) is 12.7 Å². The van der Waals surface area contributed by atoms with Gasteiger partial charge in [0.25, 0.3) is 0 Å². The number of hydrogen-bond donors (Lipinski definition) is 2. The maximum absolute atomic E-state index is 14.5. The molecule has 2 aliphatic carbocycles. The van der Waals surface area contributed by atoms with Crippen LogP contribution in [0.3, 0.4) is 0 Å². The fraction of sp³-hybridized carbons (Fsp3) is 0.320. The minimum Gasteiger partial charge on any atom is -0.478 e. The summed E-state index contributed by atoms with van der Waals surface area (Å²) >= 11 is 1.53. The van der Waals surface area contributed by atoms with Gasteiger partial charge < -0.3 is 10.4 Å². The van der Waals surface area contributed by atoms with Crippen LogP contribution in [0.15, 0.2) is 42.6 Å². The van der Waals surface area contributed by atoms with Gasteiger partial charge in [0.05, 0.1) is 20.9 Å². The molecule has 2 aromatic carbocycles. The fourth-order valence-corrected chi connectivity index (χ4v) is 5.40. The summed E-state index contributed by atoms with van der Waals surface area (Å²) in [5, 5.41) is 13.7. The molecule has 2 saturated carbocycles. The summed E-state index contributed by atoms with van der Waals surface area (Å²) in [7, 11) is 0. The average molecular weight is 451 g/mol. The van der Waals surface area contributed by atoms with Gasteiger partial charge in [-0.1, -0.05) is 24.6 Å². The van der Waals surface area contributed by atoms with E-state index < -0.39 is 11.4 Å². The van der Waals surface area contributed by atoms with Crippen molar-refractivity contribution in [3.8, 4) is 10.4 Å². The molecule has 5 rings (SSSR count). The Bertz CT molecular complexity index is 1230. The Kier molecular flexibility index (Phi) is 5.08. The second-order valence-electron chi connectivity index (χ2n) is 8.78. The zero-order valence-electron chi connectivity index (χ0n) is 17.7. The summed E-state index contributed by atoms with van der Waals surface area (Å²) in [6, 6.07) is 9.79. The number of benzene rings is 2. The number of aryl methyl sites for hydroxylation is 1. The van der Waals surface area contributed by atoms with E-state index in [1.165, 1.54) is 29.9 Å². The number of carbonyl (C=O) groups excluding carboxylic acids is 1. The summed E-state index contributed by atoms with van der Waals surface area (Å²) in [5.74, 6) is -1.28. The molecule has 0 radical (unpaired) electrons. The summed E-state index contributed by atoms with van der Waals surface area (Å²) in [4.78, 5) is 30.3. The van der Waals surface area contributed by atoms with Crippen LogP contribution in [-0.4, -0.2) is 22.0 Å². The molecule has 1 aromatic heterocycles. The standard InChI is InChI=1S/C25H23FN2O3S/c1-14-5-8-19(20(26)11-14)25(9-10-25)24(31)28-16-6-7-17(18(12-16)23(29)30)21-13-27-22(32-21)15-3-2-4-15/h5-8,11-13,15H,2-4,9-10H2,1H3,(H,28,31)(H,29,30). The highest BCUT2D eigenvalue weighted by atomic mass is 32.1. The second kappa shape index (κ2) is 7.81. The molecule has 164 valence electrons. The van der Waals surface area contributed by atoms with Crippen molar-refractivity contribution in [3.63, 3.8) is 0 Å². The smallest absolute Gasteiger partial charge is 0.336 e. The van der Waals surface area contributed by atoms with Crippen molar-refractivity contribution in [3.05, 3.63) is 70.1 Å². The molecule has 0 saturated heterocycles. The highest BCUT2D eigenvalue weighted by Crippen LogP contribution is 2.50. The molecule has 1 amide bonds. The number of hydrogen-bond acceptors (Lipinski definition) is 4. The molecule has 7 heteroatoms. The highest BCUT2D eigenvalue weighted by molar-refractivity contribution is 7.15. The molecule has 2 aliphatic rings. The number of thiazole rings is 1. The first-order valence-corrected chi connectivity index (χ1v) is 11.6. The Hall–Kier alpha value is -3.06. The number of carboxylic acids is 1. The molecule has 3 aromatic rings. The molecular weight excluding hydrogens is 427 g/mol. The van der Waals surface area contributed by atoms with Crippen LogP contribution >= 0.6 is 11.3 Å². The minimum atomic E-state index is -1.07. The van der Waals surface area contributed by atoms with E-state index in [-0.39, 0.29) is 17.3 Å². The molecule has 0 bridgehead atoms. The molecule has 5 nitrogen and oxygen atoms in total. The molecule has 2 fully saturated rings. The van der Waals surface area contributed by atoms with Crippen LogP contribution in [-0.2, 0) is 10.2 Å². The lowest BCUT2D eigenvalue weighted by molar-refractivity contribution is -0.118. The van der Waals surface area contributed by atoms with E-state index in [0.717, 1.165) is 28.3 Å². The predicted molar refractivity (Wildman–Crippen MR) is 122 cm³/mol. The summed E-state index contributed by atoms with van der Waals surface area (Å²) < 4.78 is 14.5. The largest absolute Gasteiger partial charge is 0.478 e. The molecule has 0 atom stereocenters. The van der Waals surface area contributed by atoms with Gasteiger partial charge in [0, 0.05) is 28.9 Å². The Morgan fingerprint density at radius 3 is 2.59 bits per heavy atom. The molecular formula is C25H23FN2O3S. The van der Waals surface area contributed by atoms with Crippen molar-refractivity contribution in [2.45, 2.75) is 50.4 Å². The monoisotopic (exact) mass is 450 g/mol. The lowest BCUT2D eigenvalue weighted by atomic mass is 9.86. The SMILES string of the molecule is Cc1ccc(C2(C(=O)Nc3ccc(-c4cnc(C5CCC5)s4)c(C(=O)O)c3)CC2)c(F)c1. The summed E-state index contributed by atoms with van der Waals surface area (Å²) in [5.41, 5.74) is 1.38. The Labute approximate surface area is 189 Å². The topological polar surface area (TPSA) is 79.3 Å². The van der Waals surface area contributed by atoms with Crippen molar-refractivity contribution in [2.75, 3.05) is 5.32 Å². The first kappa shape index (κ1) is 20.8. The van der Waals surface area contributed by atoms with Crippen LogP contribution in [0.4, 0.5) is 10.1 Å². The number of nitrogens with one attached hydrogen (secondary N) is 1. The lowest BCUT2D eigenvalue weighted by Gasteiger charge is -2.22. The third kappa shape index (κ3) is 3.60. The van der Waals surface area contributed by atoms with Gasteiger partial charge in [-0.15, -0.1) is 11.3 Å². The van der Waals surface area contributed by atoms with E-state index in [1.807, 2.05) is 0 Å². The quantitative estimate of drug-likeness (QED) is 0.490. The van der Waals surface area contributed by atoms with Gasteiger partial charge in [-0.05, 0) is 56.4 Å². The number of aromatic carboxylic acids is 1. The van der Waals surface area contributed by atoms with Crippen molar-refractivity contribution in [2.24, 2.45) is 0 Å². The van der Waals surface area contributed by atoms with Crippen LogP contribution < -0.4 is 5.32 Å². The Morgan fingerprint density at radius 1 is 1.19 bits per heavy atom. The van der Waals surface area contributed by atoms with Gasteiger partial charge >= 0.3 is 5.97 Å². The number of aromatic nitrogens is 1. The van der Waals surface area contributed by atoms with Gasteiger partial charge in [0.2, 0.25) is 5.91 Å². The third-order valence-electron chi connectivity index (χ3n) is 6.58. The molecule has 0 unspecified atom stereocenters. The van der Waals surface area contributed by atoms with Gasteiger partial charge in [-0.2, -0.15) is 0 Å². The van der Waals surface area contributed by atoms with Crippen LogP contribution in [0.5, 0.6) is 0 Å². The molecule has 0 aliphatic heterocycles. The number of rotatable bonds is 6. The fourth-order valence-electron chi connectivity index (χ4n) is 4.27. The molecule has 0 spiro atoms. The normalized spacial score (nSPS) is 16.9. The molecule has 32 heavy (non-hydrogen) atoms. The third-order valence-corrected chi connectivity index (χ3v) is 7.77. The number of carbonyl (C=O) groups is 2. The molecule has 1 heterocycles. The van der Waals surface area contributed by atoms with Crippen molar-refractivity contribution >= 4 is 28.9 Å². The lowest BCUT2D eigenvalue weighted by Crippen LogP contribution is -2.28. The van der Waals surface area contributed by atoms with Gasteiger partial charge in [0.15, 0.2) is 0 Å². The maximum atomic E-state index is 14.5. The number of carboxylic acid groups (broad SMARTS) is 1. The van der Waals surface area contributed by atoms with E-state index in [4.69, 9.17) is 0 Å². The Morgan fingerprint density at radius 2 is 1.97 bits per heavy atom. The first-order chi connectivity index (χ1) is 15.4. The van der Waals surface area contributed by atoms with Gasteiger partial charge in [-0.25, -0.2) is 14.2 Å². The molecule has 2 N–H and O–H groups in total. The van der Waals surface area contributed by atoms with Crippen LogP contribution in [0.1, 0.15) is 64.5 Å². The number of halogens is 1. The van der Waals surface area contributed by atoms with Crippen molar-refractivity contribution < 1.29 is 19.1 Å². The number of anilines is 1. The second-order valence-corrected chi connectivity index (χ2v) is 9.84. The van der Waals surface area contributed by atoms with Crippen molar-refractivity contribution in [1.29, 1.82) is 0 Å². The van der Waals surface area contributed by atoms with Gasteiger partial charge in [-0.3, -0.25) is 4.79 Å². The van der Waals surface area contributed by atoms with E-state index in [1.54, 1.807) is 37.4 Å². The van der Waals surface area contributed by atoms with Gasteiger partial charge in [0.1, 0.15) is 5.82 Å². The average Bonchev–Trinajstić information content (AvgIpc) is 3.38. The number of amides is 1. The van der Waals surface area contributed by atoms with E-state index in [9.17, 15) is 19.1 Å². The zero-order valence-corrected chi connectivity index (χ0v) is 18.5. The maximum Gasteiger partial charge on any atom is 0.336 e. The van der Waals surface area contributed by atoms with Crippen LogP contribution in [0.2, 0.25) is 0 Å². The zero-order chi connectivity index (χ0) is 22.5. The van der Waals surface area contributed by atoms with E-state index in [2.05, 4.69) is 10.3 Å². The van der Waals surface area contributed by atoms with Crippen LogP contribution in [0.25, 0.3) is 10.4 Å². The summed E-state index contributed by atoms with van der Waals surface area (Å²) in [6.45, 7) is 1.81. The number of nitrogens with zero attached hydrogens (tertiary/aromatic N) is 1. The van der Waals surface area contributed by atoms with Crippen molar-refractivity contribution in [1.82, 2.24) is 4.98 Å². The van der Waals surface area contributed by atoms with E-state index in [0.29, 0.717) is 35.6 Å². The summed E-state index contributed by atoms with van der Waals surface area (Å²) in [6.07, 6.45) is 6.33. The Balaban J connectivity index is 1.41.